The van der Waals surface area contributed by atoms with Crippen molar-refractivity contribution in [3.05, 3.63) is 33.8 Å². The molecule has 0 radical (unpaired) electrons. The largest absolute Gasteiger partial charge is 0.478 e. The number of halogens is 1. The Morgan fingerprint density at radius 1 is 1.44 bits per heavy atom. The molecule has 0 atom stereocenters. The highest BCUT2D eigenvalue weighted by atomic mass is 79.9. The van der Waals surface area contributed by atoms with E-state index in [0.29, 0.717) is 6.54 Å². The minimum Gasteiger partial charge on any atom is -0.478 e. The zero-order valence-corrected chi connectivity index (χ0v) is 11.5. The van der Waals surface area contributed by atoms with Crippen LogP contribution in [0.4, 0.5) is 0 Å². The molecule has 3 N–H and O–H groups in total. The molecule has 0 saturated heterocycles. The summed E-state index contributed by atoms with van der Waals surface area (Å²) in [6.07, 6.45) is 3.13. The summed E-state index contributed by atoms with van der Waals surface area (Å²) in [5.74, 6) is -0.930. The number of hydrogen-bond donors (Lipinski definition) is 3. The van der Waals surface area contributed by atoms with Crippen molar-refractivity contribution in [3.63, 3.8) is 0 Å². The van der Waals surface area contributed by atoms with Gasteiger partial charge in [-0.05, 0) is 37.0 Å². The van der Waals surface area contributed by atoms with E-state index in [4.69, 9.17) is 5.11 Å². The number of carboxylic acids is 1. The zero-order valence-electron chi connectivity index (χ0n) is 9.95. The lowest BCUT2D eigenvalue weighted by atomic mass is 9.77. The molecule has 0 heterocycles. The molecule has 1 saturated carbocycles. The van der Waals surface area contributed by atoms with Crippen LogP contribution in [0.3, 0.4) is 0 Å². The molecule has 0 bridgehead atoms. The van der Waals surface area contributed by atoms with Crippen molar-refractivity contribution >= 4 is 21.9 Å². The van der Waals surface area contributed by atoms with E-state index in [0.717, 1.165) is 29.3 Å². The van der Waals surface area contributed by atoms with Gasteiger partial charge in [-0.2, -0.15) is 0 Å². The number of aromatic carboxylic acids is 1. The van der Waals surface area contributed by atoms with E-state index >= 15 is 0 Å². The van der Waals surface area contributed by atoms with Crippen molar-refractivity contribution in [2.75, 3.05) is 6.61 Å². The number of aliphatic hydroxyl groups is 1. The molecular weight excluding hydrogens is 298 g/mol. The third-order valence-electron chi connectivity index (χ3n) is 3.57. The molecule has 1 aromatic rings. The van der Waals surface area contributed by atoms with Gasteiger partial charge in [0.15, 0.2) is 0 Å². The highest BCUT2D eigenvalue weighted by Crippen LogP contribution is 2.32. The van der Waals surface area contributed by atoms with Gasteiger partial charge in [-0.25, -0.2) is 4.79 Å². The molecule has 0 aromatic heterocycles. The summed E-state index contributed by atoms with van der Waals surface area (Å²) >= 11 is 3.38. The predicted octanol–water partition coefficient (Wildman–Crippen LogP) is 2.15. The van der Waals surface area contributed by atoms with Crippen LogP contribution >= 0.6 is 15.9 Å². The van der Waals surface area contributed by atoms with E-state index in [2.05, 4.69) is 21.2 Å². The van der Waals surface area contributed by atoms with Crippen molar-refractivity contribution in [2.45, 2.75) is 31.3 Å². The van der Waals surface area contributed by atoms with Crippen molar-refractivity contribution in [3.8, 4) is 0 Å². The summed E-state index contributed by atoms with van der Waals surface area (Å²) in [6.45, 7) is 0.777. The fourth-order valence-corrected chi connectivity index (χ4v) is 2.62. The van der Waals surface area contributed by atoms with Gasteiger partial charge < -0.3 is 15.5 Å². The molecule has 1 aromatic carbocycles. The number of benzene rings is 1. The second-order valence-electron chi connectivity index (χ2n) is 4.76. The fraction of sp³-hybridized carbons (Fsp3) is 0.462. The van der Waals surface area contributed by atoms with Crippen LogP contribution in [0.5, 0.6) is 0 Å². The molecule has 1 aliphatic carbocycles. The van der Waals surface area contributed by atoms with E-state index in [1.807, 2.05) is 0 Å². The Morgan fingerprint density at radius 2 is 2.17 bits per heavy atom. The molecule has 0 amide bonds. The Hall–Kier alpha value is -0.910. The van der Waals surface area contributed by atoms with Gasteiger partial charge in [0.05, 0.1) is 12.2 Å². The lowest BCUT2D eigenvalue weighted by Crippen LogP contribution is -2.53. The zero-order chi connectivity index (χ0) is 13.2. The number of carboxylic acid groups (broad SMARTS) is 1. The van der Waals surface area contributed by atoms with E-state index in [9.17, 15) is 9.90 Å². The van der Waals surface area contributed by atoms with E-state index < -0.39 is 5.97 Å². The molecule has 1 fully saturated rings. The maximum Gasteiger partial charge on any atom is 0.335 e. The molecule has 2 rings (SSSR count). The Kier molecular flexibility index (Phi) is 4.04. The summed E-state index contributed by atoms with van der Waals surface area (Å²) in [5, 5.41) is 21.6. The van der Waals surface area contributed by atoms with Gasteiger partial charge in [0.25, 0.3) is 0 Å². The minimum absolute atomic E-state index is 0.134. The second-order valence-corrected chi connectivity index (χ2v) is 5.61. The quantitative estimate of drug-likeness (QED) is 0.779. The van der Waals surface area contributed by atoms with Gasteiger partial charge in [-0.15, -0.1) is 0 Å². The third-order valence-corrected chi connectivity index (χ3v) is 4.31. The van der Waals surface area contributed by atoms with Gasteiger partial charge in [0.2, 0.25) is 0 Å². The first-order valence-corrected chi connectivity index (χ1v) is 6.73. The smallest absolute Gasteiger partial charge is 0.335 e. The summed E-state index contributed by atoms with van der Waals surface area (Å²) in [5.41, 5.74) is 1.14. The van der Waals surface area contributed by atoms with Gasteiger partial charge in [-0.1, -0.05) is 22.0 Å². The standard InChI is InChI=1S/C13H16BrNO3/c14-11-6-9(12(17)18)2-3-10(11)7-15-13(8-16)4-1-5-13/h2-3,6,15-16H,1,4-5,7-8H2,(H,17,18). The monoisotopic (exact) mass is 313 g/mol. The van der Waals surface area contributed by atoms with Crippen LogP contribution in [0.2, 0.25) is 0 Å². The maximum absolute atomic E-state index is 10.8. The molecular formula is C13H16BrNO3. The topological polar surface area (TPSA) is 69.6 Å². The average molecular weight is 314 g/mol. The van der Waals surface area contributed by atoms with Crippen molar-refractivity contribution < 1.29 is 15.0 Å². The molecule has 18 heavy (non-hydrogen) atoms. The van der Waals surface area contributed by atoms with E-state index in [1.165, 1.54) is 0 Å². The third kappa shape index (κ3) is 2.74. The van der Waals surface area contributed by atoms with Gasteiger partial charge in [-0.3, -0.25) is 0 Å². The van der Waals surface area contributed by atoms with E-state index in [1.54, 1.807) is 18.2 Å². The number of rotatable bonds is 5. The average Bonchev–Trinajstić information content (AvgIpc) is 2.29. The van der Waals surface area contributed by atoms with Crippen LogP contribution in [0, 0.1) is 0 Å². The van der Waals surface area contributed by atoms with E-state index in [-0.39, 0.29) is 17.7 Å². The van der Waals surface area contributed by atoms with Gasteiger partial charge in [0.1, 0.15) is 0 Å². The molecule has 0 spiro atoms. The predicted molar refractivity (Wildman–Crippen MR) is 71.6 cm³/mol. The van der Waals surface area contributed by atoms with Crippen LogP contribution in [0.15, 0.2) is 22.7 Å². The SMILES string of the molecule is O=C(O)c1ccc(CNC2(CO)CCC2)c(Br)c1. The molecule has 1 aliphatic rings. The molecule has 98 valence electrons. The van der Waals surface area contributed by atoms with Gasteiger partial charge >= 0.3 is 5.97 Å². The fourth-order valence-electron chi connectivity index (χ4n) is 2.10. The Bertz CT molecular complexity index is 452. The summed E-state index contributed by atoms with van der Waals surface area (Å²) in [7, 11) is 0. The first-order chi connectivity index (χ1) is 8.56. The lowest BCUT2D eigenvalue weighted by molar-refractivity contribution is 0.0696. The molecule has 0 unspecified atom stereocenters. The van der Waals surface area contributed by atoms with Crippen LogP contribution in [-0.2, 0) is 6.54 Å². The molecule has 5 heteroatoms. The summed E-state index contributed by atoms with van der Waals surface area (Å²) in [4.78, 5) is 10.8. The van der Waals surface area contributed by atoms with Crippen molar-refractivity contribution in [1.29, 1.82) is 0 Å². The van der Waals surface area contributed by atoms with Crippen LogP contribution in [0.1, 0.15) is 35.2 Å². The number of nitrogens with one attached hydrogen (secondary N) is 1. The summed E-state index contributed by atoms with van der Waals surface area (Å²) in [6, 6.07) is 4.99. The number of aliphatic hydroxyl groups excluding tert-OH is 1. The van der Waals surface area contributed by atoms with Crippen LogP contribution in [0.25, 0.3) is 0 Å². The van der Waals surface area contributed by atoms with Gasteiger partial charge in [0, 0.05) is 16.6 Å². The Labute approximate surface area is 114 Å². The first-order valence-electron chi connectivity index (χ1n) is 5.94. The van der Waals surface area contributed by atoms with Crippen LogP contribution < -0.4 is 5.32 Å². The highest BCUT2D eigenvalue weighted by Gasteiger charge is 2.35. The molecule has 4 nitrogen and oxygen atoms in total. The van der Waals surface area contributed by atoms with Crippen molar-refractivity contribution in [2.24, 2.45) is 0 Å². The normalized spacial score (nSPS) is 17.2. The highest BCUT2D eigenvalue weighted by molar-refractivity contribution is 9.10. The van der Waals surface area contributed by atoms with Crippen molar-refractivity contribution in [1.82, 2.24) is 5.32 Å². The minimum atomic E-state index is -0.930. The Morgan fingerprint density at radius 3 is 2.61 bits per heavy atom. The number of hydrogen-bond acceptors (Lipinski definition) is 3. The van der Waals surface area contributed by atoms with Crippen LogP contribution in [-0.4, -0.2) is 28.3 Å². The first kappa shape index (κ1) is 13.5. The lowest BCUT2D eigenvalue weighted by Gasteiger charge is -2.41. The Balaban J connectivity index is 2.03. The summed E-state index contributed by atoms with van der Waals surface area (Å²) < 4.78 is 0.780. The number of carbonyl (C=O) groups is 1. The second kappa shape index (κ2) is 5.38. The maximum atomic E-state index is 10.8. The molecule has 0 aliphatic heterocycles.